The van der Waals surface area contributed by atoms with E-state index >= 15 is 0 Å². The van der Waals surface area contributed by atoms with Gasteiger partial charge in [0.2, 0.25) is 0 Å². The zero-order chi connectivity index (χ0) is 13.0. The van der Waals surface area contributed by atoms with Crippen molar-refractivity contribution in [3.8, 4) is 5.75 Å². The van der Waals surface area contributed by atoms with Gasteiger partial charge in [0.25, 0.3) is 0 Å². The van der Waals surface area contributed by atoms with Crippen LogP contribution < -0.4 is 15.8 Å². The van der Waals surface area contributed by atoms with E-state index in [1.54, 1.807) is 13.4 Å². The molecule has 0 radical (unpaired) electrons. The first-order valence-corrected chi connectivity index (χ1v) is 5.82. The number of methoxy groups -OCH3 is 1. The molecule has 5 heteroatoms. The molecule has 2 aromatic rings. The number of benzene rings is 1. The largest absolute Gasteiger partial charge is 0.495 e. The molecule has 0 amide bonds. The highest BCUT2D eigenvalue weighted by Crippen LogP contribution is 2.27. The standard InChI is InChI=1S/C13H18N4O/c1-17-9-15-8-12(17)11(7-14)16-10-5-3-4-6-13(10)18-2/h3-6,8-9,11,16H,7,14H2,1-2H3. The summed E-state index contributed by atoms with van der Waals surface area (Å²) in [6, 6.07) is 7.79. The molecular weight excluding hydrogens is 228 g/mol. The van der Waals surface area contributed by atoms with Gasteiger partial charge in [-0.3, -0.25) is 0 Å². The summed E-state index contributed by atoms with van der Waals surface area (Å²) in [6.07, 6.45) is 3.59. The van der Waals surface area contributed by atoms with Crippen molar-refractivity contribution in [1.29, 1.82) is 0 Å². The van der Waals surface area contributed by atoms with Crippen LogP contribution in [0.15, 0.2) is 36.8 Å². The van der Waals surface area contributed by atoms with Crippen molar-refractivity contribution in [2.45, 2.75) is 6.04 Å². The molecule has 18 heavy (non-hydrogen) atoms. The van der Waals surface area contributed by atoms with Gasteiger partial charge in [0, 0.05) is 13.6 Å². The lowest BCUT2D eigenvalue weighted by Gasteiger charge is -2.20. The predicted octanol–water partition coefficient (Wildman–Crippen LogP) is 1.54. The van der Waals surface area contributed by atoms with Gasteiger partial charge in [0.15, 0.2) is 0 Å². The van der Waals surface area contributed by atoms with Crippen LogP contribution >= 0.6 is 0 Å². The lowest BCUT2D eigenvalue weighted by atomic mass is 10.2. The number of aromatic nitrogens is 2. The van der Waals surface area contributed by atoms with Gasteiger partial charge in [-0.05, 0) is 12.1 Å². The van der Waals surface area contributed by atoms with Crippen molar-refractivity contribution in [1.82, 2.24) is 9.55 Å². The van der Waals surface area contributed by atoms with Crippen LogP contribution in [0.25, 0.3) is 0 Å². The summed E-state index contributed by atoms with van der Waals surface area (Å²) in [7, 11) is 3.61. The van der Waals surface area contributed by atoms with Crippen LogP contribution in [0.1, 0.15) is 11.7 Å². The average molecular weight is 246 g/mol. The summed E-state index contributed by atoms with van der Waals surface area (Å²) in [5.74, 6) is 0.804. The molecule has 1 heterocycles. The summed E-state index contributed by atoms with van der Waals surface area (Å²) < 4.78 is 7.27. The molecule has 1 atom stereocenters. The van der Waals surface area contributed by atoms with E-state index in [0.29, 0.717) is 6.54 Å². The highest BCUT2D eigenvalue weighted by Gasteiger charge is 2.14. The van der Waals surface area contributed by atoms with Gasteiger partial charge in [-0.25, -0.2) is 4.98 Å². The smallest absolute Gasteiger partial charge is 0.141 e. The Kier molecular flexibility index (Phi) is 3.84. The molecule has 0 saturated carbocycles. The molecule has 0 saturated heterocycles. The third kappa shape index (κ3) is 2.46. The maximum Gasteiger partial charge on any atom is 0.141 e. The topological polar surface area (TPSA) is 65.1 Å². The Balaban J connectivity index is 2.23. The van der Waals surface area contributed by atoms with Crippen LogP contribution in [0, 0.1) is 0 Å². The van der Waals surface area contributed by atoms with Crippen molar-refractivity contribution in [2.75, 3.05) is 19.0 Å². The van der Waals surface area contributed by atoms with E-state index in [-0.39, 0.29) is 6.04 Å². The third-order valence-electron chi connectivity index (χ3n) is 2.88. The second-order valence-corrected chi connectivity index (χ2v) is 4.06. The van der Waals surface area contributed by atoms with E-state index in [4.69, 9.17) is 10.5 Å². The molecule has 0 aliphatic heterocycles. The van der Waals surface area contributed by atoms with Crippen LogP contribution in [0.3, 0.4) is 0 Å². The van der Waals surface area contributed by atoms with Gasteiger partial charge >= 0.3 is 0 Å². The highest BCUT2D eigenvalue weighted by molar-refractivity contribution is 5.57. The van der Waals surface area contributed by atoms with E-state index in [1.807, 2.05) is 42.1 Å². The maximum absolute atomic E-state index is 5.83. The first-order valence-electron chi connectivity index (χ1n) is 5.82. The number of nitrogens with one attached hydrogen (secondary N) is 1. The molecule has 0 bridgehead atoms. The average Bonchev–Trinajstić information content (AvgIpc) is 2.82. The Morgan fingerprint density at radius 3 is 2.83 bits per heavy atom. The molecule has 1 aromatic carbocycles. The fraction of sp³-hybridized carbons (Fsp3) is 0.308. The fourth-order valence-electron chi connectivity index (χ4n) is 1.91. The summed E-state index contributed by atoms with van der Waals surface area (Å²) in [5, 5.41) is 3.38. The number of nitrogens with two attached hydrogens (primary N) is 1. The maximum atomic E-state index is 5.83. The monoisotopic (exact) mass is 246 g/mol. The molecule has 1 unspecified atom stereocenters. The molecule has 2 rings (SSSR count). The Morgan fingerprint density at radius 2 is 2.22 bits per heavy atom. The number of aryl methyl sites for hydroxylation is 1. The van der Waals surface area contributed by atoms with E-state index in [0.717, 1.165) is 17.1 Å². The third-order valence-corrected chi connectivity index (χ3v) is 2.88. The first-order chi connectivity index (χ1) is 8.76. The molecule has 5 nitrogen and oxygen atoms in total. The summed E-state index contributed by atoms with van der Waals surface area (Å²) in [5.41, 5.74) is 7.80. The predicted molar refractivity (Wildman–Crippen MR) is 71.6 cm³/mol. The molecule has 0 aliphatic carbocycles. The van der Waals surface area contributed by atoms with Crippen molar-refractivity contribution < 1.29 is 4.74 Å². The number of hydrogen-bond donors (Lipinski definition) is 2. The summed E-state index contributed by atoms with van der Waals surface area (Å²) in [6.45, 7) is 0.484. The lowest BCUT2D eigenvalue weighted by Crippen LogP contribution is -2.22. The van der Waals surface area contributed by atoms with E-state index in [1.165, 1.54) is 0 Å². The number of anilines is 1. The van der Waals surface area contributed by atoms with Gasteiger partial charge < -0.3 is 20.4 Å². The molecule has 0 aliphatic rings. The fourth-order valence-corrected chi connectivity index (χ4v) is 1.91. The molecular formula is C13H18N4O. The Morgan fingerprint density at radius 1 is 1.44 bits per heavy atom. The van der Waals surface area contributed by atoms with Crippen molar-refractivity contribution in [3.63, 3.8) is 0 Å². The van der Waals surface area contributed by atoms with Crippen molar-refractivity contribution in [2.24, 2.45) is 12.8 Å². The van der Waals surface area contributed by atoms with Crippen molar-refractivity contribution in [3.05, 3.63) is 42.5 Å². The van der Waals surface area contributed by atoms with Crippen LogP contribution in [0.4, 0.5) is 5.69 Å². The van der Waals surface area contributed by atoms with Crippen LogP contribution in [-0.2, 0) is 7.05 Å². The summed E-state index contributed by atoms with van der Waals surface area (Å²) in [4.78, 5) is 4.11. The number of para-hydroxylation sites is 2. The van der Waals surface area contributed by atoms with Gasteiger partial charge in [0.05, 0.1) is 37.1 Å². The number of nitrogens with zero attached hydrogens (tertiary/aromatic N) is 2. The second-order valence-electron chi connectivity index (χ2n) is 4.06. The minimum Gasteiger partial charge on any atom is -0.495 e. The number of hydrogen-bond acceptors (Lipinski definition) is 4. The highest BCUT2D eigenvalue weighted by atomic mass is 16.5. The minimum absolute atomic E-state index is 0.00815. The molecule has 0 fully saturated rings. The number of ether oxygens (including phenoxy) is 1. The van der Waals surface area contributed by atoms with E-state index in [2.05, 4.69) is 10.3 Å². The molecule has 3 N–H and O–H groups in total. The van der Waals surface area contributed by atoms with Gasteiger partial charge in [-0.2, -0.15) is 0 Å². The summed E-state index contributed by atoms with van der Waals surface area (Å²) >= 11 is 0. The normalized spacial score (nSPS) is 12.2. The molecule has 0 spiro atoms. The Bertz CT molecular complexity index is 509. The van der Waals surface area contributed by atoms with Crippen LogP contribution in [-0.4, -0.2) is 23.2 Å². The Hall–Kier alpha value is -2.01. The molecule has 1 aromatic heterocycles. The van der Waals surface area contributed by atoms with Crippen molar-refractivity contribution >= 4 is 5.69 Å². The van der Waals surface area contributed by atoms with E-state index in [9.17, 15) is 0 Å². The number of imidazole rings is 1. The SMILES string of the molecule is COc1ccccc1NC(CN)c1cncn1C. The molecule has 96 valence electrons. The quantitative estimate of drug-likeness (QED) is 0.840. The van der Waals surface area contributed by atoms with Crippen LogP contribution in [0.2, 0.25) is 0 Å². The van der Waals surface area contributed by atoms with Gasteiger partial charge in [-0.1, -0.05) is 12.1 Å². The number of rotatable bonds is 5. The van der Waals surface area contributed by atoms with Crippen LogP contribution in [0.5, 0.6) is 5.75 Å². The van der Waals surface area contributed by atoms with E-state index < -0.39 is 0 Å². The zero-order valence-electron chi connectivity index (χ0n) is 10.6. The first kappa shape index (κ1) is 12.4. The lowest BCUT2D eigenvalue weighted by molar-refractivity contribution is 0.416. The zero-order valence-corrected chi connectivity index (χ0v) is 10.6. The minimum atomic E-state index is 0.00815. The second kappa shape index (κ2) is 5.55. The van der Waals surface area contributed by atoms with Gasteiger partial charge in [-0.15, -0.1) is 0 Å². The Labute approximate surface area is 107 Å². The van der Waals surface area contributed by atoms with Gasteiger partial charge in [0.1, 0.15) is 5.75 Å².